The number of nitrogens with one attached hydrogen (secondary N) is 2. The normalized spacial score (nSPS) is 10.1. The van der Waals surface area contributed by atoms with Crippen molar-refractivity contribution in [1.29, 1.82) is 0 Å². The molecule has 0 fully saturated rings. The smallest absolute Gasteiger partial charge is 0.260 e. The van der Waals surface area contributed by atoms with Crippen molar-refractivity contribution in [3.63, 3.8) is 0 Å². The van der Waals surface area contributed by atoms with Crippen LogP contribution < -0.4 is 15.6 Å². The Bertz CT molecular complexity index is 632. The Hall–Kier alpha value is -2.56. The van der Waals surface area contributed by atoms with Gasteiger partial charge in [0.2, 0.25) is 0 Å². The molecule has 1 aromatic carbocycles. The highest BCUT2D eigenvalue weighted by Crippen LogP contribution is 2.10. The lowest BCUT2D eigenvalue weighted by Gasteiger charge is -2.07. The molecule has 1 amide bonds. The second-order valence-electron chi connectivity index (χ2n) is 4.33. The number of aromatic amines is 1. The van der Waals surface area contributed by atoms with E-state index in [0.717, 1.165) is 11.3 Å². The first-order chi connectivity index (χ1) is 9.66. The molecule has 104 valence electrons. The Morgan fingerprint density at radius 2 is 2.00 bits per heavy atom. The van der Waals surface area contributed by atoms with E-state index >= 15 is 0 Å². The number of aromatic nitrogens is 1. The lowest BCUT2D eigenvalue weighted by Crippen LogP contribution is -2.32. The Morgan fingerprint density at radius 1 is 1.25 bits per heavy atom. The largest absolute Gasteiger partial charge is 0.492 e. The van der Waals surface area contributed by atoms with Gasteiger partial charge in [0.05, 0.1) is 6.54 Å². The zero-order chi connectivity index (χ0) is 14.4. The summed E-state index contributed by atoms with van der Waals surface area (Å²) in [6, 6.07) is 10.8. The van der Waals surface area contributed by atoms with Crippen LogP contribution in [0.2, 0.25) is 0 Å². The Balaban J connectivity index is 1.79. The monoisotopic (exact) mass is 272 g/mol. The molecule has 5 heteroatoms. The maximum Gasteiger partial charge on any atom is 0.260 e. The molecule has 2 aromatic rings. The first-order valence-corrected chi connectivity index (χ1v) is 6.32. The fourth-order valence-corrected chi connectivity index (χ4v) is 1.66. The average Bonchev–Trinajstić information content (AvgIpc) is 2.46. The van der Waals surface area contributed by atoms with Crippen molar-refractivity contribution in [2.75, 3.05) is 13.2 Å². The van der Waals surface area contributed by atoms with E-state index < -0.39 is 11.5 Å². The van der Waals surface area contributed by atoms with Gasteiger partial charge in [0.15, 0.2) is 0 Å². The molecule has 5 nitrogen and oxygen atoms in total. The first kappa shape index (κ1) is 13.9. The summed E-state index contributed by atoms with van der Waals surface area (Å²) < 4.78 is 5.48. The molecule has 1 heterocycles. The average molecular weight is 272 g/mol. The molecule has 2 N–H and O–H groups in total. The molecule has 0 bridgehead atoms. The van der Waals surface area contributed by atoms with Crippen molar-refractivity contribution in [3.8, 4) is 5.75 Å². The molecule has 0 radical (unpaired) electrons. The molecule has 0 aliphatic heterocycles. The fourth-order valence-electron chi connectivity index (χ4n) is 1.66. The number of ether oxygens (including phenoxy) is 1. The van der Waals surface area contributed by atoms with Crippen molar-refractivity contribution >= 4 is 5.91 Å². The molecule has 0 unspecified atom stereocenters. The highest BCUT2D eigenvalue weighted by molar-refractivity contribution is 5.93. The van der Waals surface area contributed by atoms with Crippen molar-refractivity contribution in [1.82, 2.24) is 10.3 Å². The van der Waals surface area contributed by atoms with Gasteiger partial charge in [-0.1, -0.05) is 17.7 Å². The van der Waals surface area contributed by atoms with E-state index in [9.17, 15) is 9.59 Å². The van der Waals surface area contributed by atoms with Gasteiger partial charge in [0.25, 0.3) is 11.5 Å². The van der Waals surface area contributed by atoms with Crippen molar-refractivity contribution in [3.05, 3.63) is 64.1 Å². The summed E-state index contributed by atoms with van der Waals surface area (Å²) in [5, 5.41) is 2.64. The molecule has 1 aromatic heterocycles. The molecule has 0 saturated carbocycles. The molecule has 0 aliphatic carbocycles. The Morgan fingerprint density at radius 3 is 2.70 bits per heavy atom. The van der Waals surface area contributed by atoms with Gasteiger partial charge in [0.1, 0.15) is 17.9 Å². The van der Waals surface area contributed by atoms with Gasteiger partial charge in [-0.3, -0.25) is 9.59 Å². The van der Waals surface area contributed by atoms with E-state index in [1.165, 1.54) is 12.3 Å². The van der Waals surface area contributed by atoms with Crippen LogP contribution >= 0.6 is 0 Å². The number of carbonyl (C=O) groups excluding carboxylic acids is 1. The lowest BCUT2D eigenvalue weighted by atomic mass is 10.2. The van der Waals surface area contributed by atoms with Gasteiger partial charge in [-0.05, 0) is 31.2 Å². The van der Waals surface area contributed by atoms with Crippen LogP contribution in [0.3, 0.4) is 0 Å². The van der Waals surface area contributed by atoms with E-state index in [1.807, 2.05) is 31.2 Å². The topological polar surface area (TPSA) is 71.2 Å². The molecule has 0 spiro atoms. The van der Waals surface area contributed by atoms with Gasteiger partial charge >= 0.3 is 0 Å². The Kier molecular flexibility index (Phi) is 4.55. The number of hydrogen-bond donors (Lipinski definition) is 2. The molecule has 2 rings (SSSR count). The molecule has 0 saturated heterocycles. The van der Waals surface area contributed by atoms with Crippen LogP contribution in [0.25, 0.3) is 0 Å². The van der Waals surface area contributed by atoms with Crippen LogP contribution in [0.5, 0.6) is 5.75 Å². The maximum atomic E-state index is 11.7. The van der Waals surface area contributed by atoms with Crippen LogP contribution in [0.4, 0.5) is 0 Å². The highest BCUT2D eigenvalue weighted by Gasteiger charge is 2.08. The van der Waals surface area contributed by atoms with Crippen LogP contribution in [-0.2, 0) is 0 Å². The fraction of sp³-hybridized carbons (Fsp3) is 0.200. The quantitative estimate of drug-likeness (QED) is 0.810. The predicted molar refractivity (Wildman–Crippen MR) is 76.1 cm³/mol. The van der Waals surface area contributed by atoms with E-state index in [2.05, 4.69) is 10.3 Å². The SMILES string of the molecule is Cc1ccc(OCCNC(=O)c2ccc[nH]c2=O)cc1. The van der Waals surface area contributed by atoms with Gasteiger partial charge in [-0.2, -0.15) is 0 Å². The third-order valence-corrected chi connectivity index (χ3v) is 2.74. The molecular weight excluding hydrogens is 256 g/mol. The van der Waals surface area contributed by atoms with Gasteiger partial charge in [0, 0.05) is 6.20 Å². The molecular formula is C15H16N2O3. The standard InChI is InChI=1S/C15H16N2O3/c1-11-4-6-12(7-5-11)20-10-9-17-15(19)13-3-2-8-16-14(13)18/h2-8H,9-10H2,1H3,(H,16,18)(H,17,19). The number of rotatable bonds is 5. The summed E-state index contributed by atoms with van der Waals surface area (Å²) in [6.07, 6.45) is 1.49. The molecule has 0 atom stereocenters. The van der Waals surface area contributed by atoms with Gasteiger partial charge in [-0.15, -0.1) is 0 Å². The minimum absolute atomic E-state index is 0.0998. The zero-order valence-corrected chi connectivity index (χ0v) is 11.2. The van der Waals surface area contributed by atoms with Gasteiger partial charge in [-0.25, -0.2) is 0 Å². The van der Waals surface area contributed by atoms with Crippen LogP contribution in [0.1, 0.15) is 15.9 Å². The summed E-state index contributed by atoms with van der Waals surface area (Å²) in [6.45, 7) is 2.68. The van der Waals surface area contributed by atoms with Crippen LogP contribution in [0, 0.1) is 6.92 Å². The number of benzene rings is 1. The minimum atomic E-state index is -0.403. The summed E-state index contributed by atoms with van der Waals surface area (Å²) in [5.74, 6) is 0.349. The van der Waals surface area contributed by atoms with E-state index in [-0.39, 0.29) is 5.56 Å². The summed E-state index contributed by atoms with van der Waals surface area (Å²) in [4.78, 5) is 25.6. The number of carbonyl (C=O) groups is 1. The van der Waals surface area contributed by atoms with Crippen LogP contribution in [-0.4, -0.2) is 24.0 Å². The van der Waals surface area contributed by atoms with Crippen molar-refractivity contribution in [2.24, 2.45) is 0 Å². The summed E-state index contributed by atoms with van der Waals surface area (Å²) >= 11 is 0. The first-order valence-electron chi connectivity index (χ1n) is 6.32. The Labute approximate surface area is 116 Å². The lowest BCUT2D eigenvalue weighted by molar-refractivity contribution is 0.0945. The maximum absolute atomic E-state index is 11.7. The third-order valence-electron chi connectivity index (χ3n) is 2.74. The minimum Gasteiger partial charge on any atom is -0.492 e. The van der Waals surface area contributed by atoms with Crippen LogP contribution in [0.15, 0.2) is 47.4 Å². The van der Waals surface area contributed by atoms with E-state index in [1.54, 1.807) is 6.07 Å². The summed E-state index contributed by atoms with van der Waals surface area (Å²) in [5.41, 5.74) is 0.862. The third kappa shape index (κ3) is 3.71. The number of H-pyrrole nitrogens is 1. The number of hydrogen-bond acceptors (Lipinski definition) is 3. The number of aryl methyl sites for hydroxylation is 1. The predicted octanol–water partition coefficient (Wildman–Crippen LogP) is 1.49. The second kappa shape index (κ2) is 6.56. The number of pyridine rings is 1. The van der Waals surface area contributed by atoms with Crippen molar-refractivity contribution < 1.29 is 9.53 Å². The van der Waals surface area contributed by atoms with Gasteiger partial charge < -0.3 is 15.0 Å². The molecule has 20 heavy (non-hydrogen) atoms. The highest BCUT2D eigenvalue weighted by atomic mass is 16.5. The molecule has 0 aliphatic rings. The zero-order valence-electron chi connectivity index (χ0n) is 11.2. The van der Waals surface area contributed by atoms with E-state index in [0.29, 0.717) is 13.2 Å². The number of amides is 1. The van der Waals surface area contributed by atoms with Crippen molar-refractivity contribution in [2.45, 2.75) is 6.92 Å². The van der Waals surface area contributed by atoms with E-state index in [4.69, 9.17) is 4.74 Å². The second-order valence-corrected chi connectivity index (χ2v) is 4.33. The summed E-state index contributed by atoms with van der Waals surface area (Å²) in [7, 11) is 0.